The van der Waals surface area contributed by atoms with E-state index in [0.29, 0.717) is 6.04 Å². The average Bonchev–Trinajstić information content (AvgIpc) is 3.81. The number of allylic oxidation sites excluding steroid dienone is 9. The summed E-state index contributed by atoms with van der Waals surface area (Å²) < 4.78 is 9.37. The maximum Gasteiger partial charge on any atom is 0.142 e. The standard InChI is InChI=1S/C52H40N2O/c1-4-15-35(16-5-1)41-24-14-25-45-48-34-46(42-21-10-11-23-44(42)52(48)55-51(41)45)36-27-29-39(30-28-36)53(37-17-6-2-7-18-37)40-31-32-50-47(33-40)43-22-12-13-26-49(43)54(50)38-19-8-3-9-20-38/h2-4,6-19,21-23,25-34,38,41H,1,5,20,24H2. The number of para-hydroxylation sites is 2. The Balaban J connectivity index is 1.03. The molecule has 3 heteroatoms. The van der Waals surface area contributed by atoms with Gasteiger partial charge in [0, 0.05) is 61.1 Å². The summed E-state index contributed by atoms with van der Waals surface area (Å²) in [4.78, 5) is 2.38. The van der Waals surface area contributed by atoms with Crippen LogP contribution in [0.3, 0.4) is 0 Å². The largest absolute Gasteiger partial charge is 0.459 e. The number of benzene rings is 6. The normalized spacial score (nSPS) is 17.7. The minimum Gasteiger partial charge on any atom is -0.459 e. The van der Waals surface area contributed by atoms with Gasteiger partial charge in [0.1, 0.15) is 11.3 Å². The van der Waals surface area contributed by atoms with Crippen molar-refractivity contribution < 1.29 is 4.42 Å². The van der Waals surface area contributed by atoms with E-state index in [4.69, 9.17) is 4.42 Å². The zero-order valence-corrected chi connectivity index (χ0v) is 30.6. The molecule has 3 aliphatic carbocycles. The number of aromatic nitrogens is 1. The quantitative estimate of drug-likeness (QED) is 0.171. The molecule has 0 bridgehead atoms. The Morgan fingerprint density at radius 2 is 1.33 bits per heavy atom. The molecule has 0 saturated heterocycles. The molecule has 2 atom stereocenters. The number of nitrogens with zero attached hydrogens (tertiary/aromatic N) is 2. The minimum atomic E-state index is 0.256. The first-order chi connectivity index (χ1) is 27.3. The van der Waals surface area contributed by atoms with Crippen molar-refractivity contribution in [1.82, 2.24) is 4.57 Å². The molecule has 0 radical (unpaired) electrons. The second-order valence-corrected chi connectivity index (χ2v) is 15.0. The molecular formula is C52H40N2O. The van der Waals surface area contributed by atoms with Crippen molar-refractivity contribution in [3.63, 3.8) is 0 Å². The molecule has 264 valence electrons. The van der Waals surface area contributed by atoms with Crippen molar-refractivity contribution >= 4 is 66.7 Å². The van der Waals surface area contributed by atoms with Crippen LogP contribution < -0.4 is 4.90 Å². The zero-order chi connectivity index (χ0) is 36.3. The van der Waals surface area contributed by atoms with E-state index in [1.165, 1.54) is 54.8 Å². The molecule has 0 aliphatic heterocycles. The SMILES string of the molecule is C1=CCC(n2c3ccccc3c3cc(N(c4ccccc4)c4ccc(-c5cc6c7c(oc6c6ccccc56)C(C5=CCCC=C5)CC=C7)cc4)ccc32)C=C1. The van der Waals surface area contributed by atoms with E-state index in [1.54, 1.807) is 0 Å². The summed E-state index contributed by atoms with van der Waals surface area (Å²) in [5.41, 5.74) is 11.9. The van der Waals surface area contributed by atoms with E-state index in [2.05, 4.69) is 192 Å². The van der Waals surface area contributed by atoms with Crippen LogP contribution in [0.2, 0.25) is 0 Å². The number of hydrogen-bond acceptors (Lipinski definition) is 2. The molecule has 11 rings (SSSR count). The zero-order valence-electron chi connectivity index (χ0n) is 30.6. The van der Waals surface area contributed by atoms with Crippen LogP contribution in [0.4, 0.5) is 17.1 Å². The van der Waals surface area contributed by atoms with Crippen molar-refractivity contribution in [2.24, 2.45) is 0 Å². The number of rotatable bonds is 6. The Kier molecular flexibility index (Phi) is 7.58. The fraction of sp³-hybridized carbons (Fsp3) is 0.115. The lowest BCUT2D eigenvalue weighted by Crippen LogP contribution is -2.10. The molecule has 0 saturated carbocycles. The summed E-state index contributed by atoms with van der Waals surface area (Å²) in [6.45, 7) is 0. The highest BCUT2D eigenvalue weighted by Gasteiger charge is 2.28. The van der Waals surface area contributed by atoms with Gasteiger partial charge in [-0.15, -0.1) is 0 Å². The summed E-state index contributed by atoms with van der Waals surface area (Å²) >= 11 is 0. The minimum absolute atomic E-state index is 0.256. The summed E-state index contributed by atoms with van der Waals surface area (Å²) in [5.74, 6) is 1.35. The van der Waals surface area contributed by atoms with E-state index in [-0.39, 0.29) is 5.92 Å². The van der Waals surface area contributed by atoms with Gasteiger partial charge in [-0.1, -0.05) is 127 Å². The fourth-order valence-corrected chi connectivity index (χ4v) is 9.30. The monoisotopic (exact) mass is 708 g/mol. The number of anilines is 3. The molecule has 0 spiro atoms. The van der Waals surface area contributed by atoms with Gasteiger partial charge in [0.2, 0.25) is 0 Å². The molecule has 8 aromatic rings. The Morgan fingerprint density at radius 3 is 2.15 bits per heavy atom. The van der Waals surface area contributed by atoms with Crippen LogP contribution >= 0.6 is 0 Å². The first kappa shape index (κ1) is 31.9. The number of furan rings is 1. The van der Waals surface area contributed by atoms with Crippen LogP contribution in [0.15, 0.2) is 186 Å². The Labute approximate surface area is 321 Å². The van der Waals surface area contributed by atoms with Crippen LogP contribution in [0, 0.1) is 0 Å². The van der Waals surface area contributed by atoms with Gasteiger partial charge in [0.15, 0.2) is 0 Å². The summed E-state index contributed by atoms with van der Waals surface area (Å²) in [6, 6.07) is 47.0. The van der Waals surface area contributed by atoms with E-state index >= 15 is 0 Å². The van der Waals surface area contributed by atoms with Crippen LogP contribution in [0.1, 0.15) is 49.0 Å². The van der Waals surface area contributed by atoms with Crippen molar-refractivity contribution in [2.75, 3.05) is 4.90 Å². The van der Waals surface area contributed by atoms with Gasteiger partial charge in [-0.05, 0) is 102 Å². The summed E-state index contributed by atoms with van der Waals surface area (Å²) in [7, 11) is 0. The lowest BCUT2D eigenvalue weighted by Gasteiger charge is -2.26. The highest BCUT2D eigenvalue weighted by molar-refractivity contribution is 6.14. The van der Waals surface area contributed by atoms with Gasteiger partial charge in [0.05, 0.1) is 6.04 Å². The van der Waals surface area contributed by atoms with Gasteiger partial charge < -0.3 is 13.9 Å². The van der Waals surface area contributed by atoms with Crippen molar-refractivity contribution in [1.29, 1.82) is 0 Å². The third-order valence-corrected chi connectivity index (χ3v) is 11.9. The van der Waals surface area contributed by atoms with Crippen LogP contribution in [0.5, 0.6) is 0 Å². The fourth-order valence-electron chi connectivity index (χ4n) is 9.30. The van der Waals surface area contributed by atoms with E-state index in [0.717, 1.165) is 59.5 Å². The molecule has 55 heavy (non-hydrogen) atoms. The molecule has 6 aromatic carbocycles. The molecule has 3 aliphatic rings. The van der Waals surface area contributed by atoms with E-state index in [9.17, 15) is 0 Å². The van der Waals surface area contributed by atoms with Gasteiger partial charge >= 0.3 is 0 Å². The lowest BCUT2D eigenvalue weighted by molar-refractivity contribution is 0.517. The second kappa shape index (κ2) is 13.1. The second-order valence-electron chi connectivity index (χ2n) is 15.0. The predicted molar refractivity (Wildman–Crippen MR) is 232 cm³/mol. The van der Waals surface area contributed by atoms with Crippen molar-refractivity contribution in [3.8, 4) is 11.1 Å². The maximum absolute atomic E-state index is 6.86. The molecule has 2 heterocycles. The molecule has 0 amide bonds. The summed E-state index contributed by atoms with van der Waals surface area (Å²) in [5, 5.41) is 6.10. The predicted octanol–water partition coefficient (Wildman–Crippen LogP) is 14.7. The van der Waals surface area contributed by atoms with Crippen molar-refractivity contribution in [2.45, 2.75) is 37.6 Å². The Hall–Kier alpha value is -6.58. The average molecular weight is 709 g/mol. The first-order valence-electron chi connectivity index (χ1n) is 19.6. The number of fused-ring (bicyclic) bond motifs is 8. The van der Waals surface area contributed by atoms with Gasteiger partial charge in [-0.2, -0.15) is 0 Å². The molecule has 2 unspecified atom stereocenters. The van der Waals surface area contributed by atoms with E-state index < -0.39 is 0 Å². The topological polar surface area (TPSA) is 21.3 Å². The van der Waals surface area contributed by atoms with Crippen molar-refractivity contribution in [3.05, 3.63) is 193 Å². The molecular weight excluding hydrogens is 669 g/mol. The Bertz CT molecular complexity index is 2930. The molecule has 0 fully saturated rings. The molecule has 0 N–H and O–H groups in total. The van der Waals surface area contributed by atoms with E-state index in [1.807, 2.05) is 0 Å². The van der Waals surface area contributed by atoms with Crippen LogP contribution in [-0.4, -0.2) is 4.57 Å². The van der Waals surface area contributed by atoms with Gasteiger partial charge in [0.25, 0.3) is 0 Å². The maximum atomic E-state index is 6.86. The smallest absolute Gasteiger partial charge is 0.142 e. The molecule has 2 aromatic heterocycles. The highest BCUT2D eigenvalue weighted by atomic mass is 16.3. The third-order valence-electron chi connectivity index (χ3n) is 11.9. The first-order valence-corrected chi connectivity index (χ1v) is 19.6. The highest BCUT2D eigenvalue weighted by Crippen LogP contribution is 2.47. The van der Waals surface area contributed by atoms with Crippen LogP contribution in [0.25, 0.3) is 60.8 Å². The van der Waals surface area contributed by atoms with Crippen LogP contribution in [-0.2, 0) is 0 Å². The third kappa shape index (κ3) is 5.26. The molecule has 3 nitrogen and oxygen atoms in total. The van der Waals surface area contributed by atoms with Gasteiger partial charge in [-0.25, -0.2) is 0 Å². The Morgan fingerprint density at radius 1 is 0.564 bits per heavy atom. The summed E-state index contributed by atoms with van der Waals surface area (Å²) in [6.07, 6.45) is 24.7. The lowest BCUT2D eigenvalue weighted by atomic mass is 9.84. The number of hydrogen-bond donors (Lipinski definition) is 0. The van der Waals surface area contributed by atoms with Gasteiger partial charge in [-0.3, -0.25) is 0 Å².